The summed E-state index contributed by atoms with van der Waals surface area (Å²) in [5.41, 5.74) is 6.28. The highest BCUT2D eigenvalue weighted by Gasteiger charge is 2.28. The first-order valence-corrected chi connectivity index (χ1v) is 7.42. The van der Waals surface area contributed by atoms with Crippen LogP contribution in [0.4, 0.5) is 0 Å². The van der Waals surface area contributed by atoms with Crippen LogP contribution in [0, 0.1) is 0 Å². The molecule has 1 unspecified atom stereocenters. The number of thiazole rings is 1. The van der Waals surface area contributed by atoms with E-state index < -0.39 is 0 Å². The Labute approximate surface area is 121 Å². The Kier molecular flexibility index (Phi) is 3.79. The zero-order valence-corrected chi connectivity index (χ0v) is 12.4. The van der Waals surface area contributed by atoms with Gasteiger partial charge in [0.2, 0.25) is 0 Å². The van der Waals surface area contributed by atoms with Crippen molar-refractivity contribution in [3.8, 4) is 11.6 Å². The van der Waals surface area contributed by atoms with Gasteiger partial charge in [0.05, 0.1) is 6.04 Å². The predicted octanol–water partition coefficient (Wildman–Crippen LogP) is 0.570. The molecule has 0 saturated carbocycles. The molecule has 108 valence electrons. The van der Waals surface area contributed by atoms with Crippen LogP contribution in [-0.4, -0.2) is 58.7 Å². The minimum absolute atomic E-state index is 0.166. The average Bonchev–Trinajstić information content (AvgIpc) is 3.09. The number of hydrogen-bond acceptors (Lipinski definition) is 8. The van der Waals surface area contributed by atoms with Gasteiger partial charge in [-0.1, -0.05) is 5.16 Å². The van der Waals surface area contributed by atoms with Crippen LogP contribution in [0.5, 0.6) is 0 Å². The van der Waals surface area contributed by atoms with Gasteiger partial charge in [-0.3, -0.25) is 4.90 Å². The monoisotopic (exact) mass is 294 g/mol. The van der Waals surface area contributed by atoms with Gasteiger partial charge in [-0.2, -0.15) is 4.98 Å². The SMILES string of the molecule is CN1CCN(C)C(c2noc(-c3csc(CN)n3)n2)C1. The number of piperazine rings is 1. The molecule has 20 heavy (non-hydrogen) atoms. The van der Waals surface area contributed by atoms with E-state index in [1.165, 1.54) is 11.3 Å². The molecular weight excluding hydrogens is 276 g/mol. The van der Waals surface area contributed by atoms with Crippen LogP contribution in [0.25, 0.3) is 11.6 Å². The molecule has 3 rings (SSSR count). The number of aromatic nitrogens is 3. The third-order valence-corrected chi connectivity index (χ3v) is 4.41. The fourth-order valence-corrected chi connectivity index (χ4v) is 2.91. The predicted molar refractivity (Wildman–Crippen MR) is 76.2 cm³/mol. The number of nitrogens with zero attached hydrogens (tertiary/aromatic N) is 5. The van der Waals surface area contributed by atoms with E-state index in [4.69, 9.17) is 10.3 Å². The fraction of sp³-hybridized carbons (Fsp3) is 0.583. The zero-order chi connectivity index (χ0) is 14.1. The van der Waals surface area contributed by atoms with Crippen LogP contribution < -0.4 is 5.73 Å². The number of likely N-dealkylation sites (N-methyl/N-ethyl adjacent to an activating group) is 2. The Morgan fingerprint density at radius 1 is 1.40 bits per heavy atom. The van der Waals surface area contributed by atoms with Crippen LogP contribution in [0.2, 0.25) is 0 Å². The molecular formula is C12H18N6OS. The van der Waals surface area contributed by atoms with Crippen molar-refractivity contribution in [1.29, 1.82) is 0 Å². The van der Waals surface area contributed by atoms with Crippen LogP contribution >= 0.6 is 11.3 Å². The van der Waals surface area contributed by atoms with Crippen LogP contribution in [0.1, 0.15) is 16.9 Å². The summed E-state index contributed by atoms with van der Waals surface area (Å²) in [5.74, 6) is 1.19. The van der Waals surface area contributed by atoms with Gasteiger partial charge < -0.3 is 15.2 Å². The van der Waals surface area contributed by atoms with Crippen molar-refractivity contribution in [2.75, 3.05) is 33.7 Å². The van der Waals surface area contributed by atoms with Crippen molar-refractivity contribution in [2.45, 2.75) is 12.6 Å². The molecule has 0 aliphatic carbocycles. The minimum atomic E-state index is 0.166. The van der Waals surface area contributed by atoms with E-state index in [1.54, 1.807) is 0 Å². The molecule has 1 aliphatic heterocycles. The van der Waals surface area contributed by atoms with Gasteiger partial charge in [0, 0.05) is 31.6 Å². The molecule has 3 heterocycles. The molecule has 7 nitrogen and oxygen atoms in total. The van der Waals surface area contributed by atoms with E-state index >= 15 is 0 Å². The van der Waals surface area contributed by atoms with E-state index in [0.717, 1.165) is 30.5 Å². The van der Waals surface area contributed by atoms with Gasteiger partial charge in [0.25, 0.3) is 5.89 Å². The summed E-state index contributed by atoms with van der Waals surface area (Å²) in [6.07, 6.45) is 0. The smallest absolute Gasteiger partial charge is 0.277 e. The molecule has 1 atom stereocenters. The summed E-state index contributed by atoms with van der Waals surface area (Å²) in [5, 5.41) is 6.88. The average molecular weight is 294 g/mol. The van der Waals surface area contributed by atoms with E-state index in [-0.39, 0.29) is 6.04 Å². The summed E-state index contributed by atoms with van der Waals surface area (Å²) in [4.78, 5) is 13.4. The lowest BCUT2D eigenvalue weighted by Gasteiger charge is -2.35. The molecule has 0 spiro atoms. The van der Waals surface area contributed by atoms with Crippen molar-refractivity contribution >= 4 is 11.3 Å². The maximum absolute atomic E-state index is 5.57. The molecule has 1 aliphatic rings. The number of hydrogen-bond donors (Lipinski definition) is 1. The molecule has 2 aromatic heterocycles. The van der Waals surface area contributed by atoms with Crippen LogP contribution in [-0.2, 0) is 6.54 Å². The molecule has 0 bridgehead atoms. The van der Waals surface area contributed by atoms with E-state index in [0.29, 0.717) is 18.1 Å². The summed E-state index contributed by atoms with van der Waals surface area (Å²) < 4.78 is 5.34. The molecule has 0 aromatic carbocycles. The molecule has 0 amide bonds. The maximum atomic E-state index is 5.57. The molecule has 1 fully saturated rings. The van der Waals surface area contributed by atoms with Gasteiger partial charge in [-0.05, 0) is 14.1 Å². The molecule has 8 heteroatoms. The van der Waals surface area contributed by atoms with Crippen molar-refractivity contribution in [2.24, 2.45) is 5.73 Å². The highest BCUT2D eigenvalue weighted by atomic mass is 32.1. The molecule has 2 aromatic rings. The van der Waals surface area contributed by atoms with Gasteiger partial charge in [-0.25, -0.2) is 4.98 Å². The zero-order valence-electron chi connectivity index (χ0n) is 11.6. The van der Waals surface area contributed by atoms with Gasteiger partial charge in [0.15, 0.2) is 5.82 Å². The Hall–Kier alpha value is -1.35. The first kappa shape index (κ1) is 13.6. The summed E-state index contributed by atoms with van der Waals surface area (Å²) in [7, 11) is 4.19. The second-order valence-corrected chi connectivity index (χ2v) is 5.99. The van der Waals surface area contributed by atoms with Crippen molar-refractivity contribution in [1.82, 2.24) is 24.9 Å². The molecule has 1 saturated heterocycles. The van der Waals surface area contributed by atoms with Crippen molar-refractivity contribution < 1.29 is 4.52 Å². The third kappa shape index (κ3) is 2.59. The lowest BCUT2D eigenvalue weighted by Crippen LogP contribution is -2.45. The van der Waals surface area contributed by atoms with E-state index in [1.807, 2.05) is 5.38 Å². The Bertz CT molecular complexity index is 582. The minimum Gasteiger partial charge on any atom is -0.332 e. The van der Waals surface area contributed by atoms with E-state index in [9.17, 15) is 0 Å². The second kappa shape index (κ2) is 5.57. The van der Waals surface area contributed by atoms with Gasteiger partial charge in [0.1, 0.15) is 10.7 Å². The Balaban J connectivity index is 1.82. The van der Waals surface area contributed by atoms with Gasteiger partial charge in [-0.15, -0.1) is 11.3 Å². The molecule has 0 radical (unpaired) electrons. The third-order valence-electron chi connectivity index (χ3n) is 3.54. The lowest BCUT2D eigenvalue weighted by atomic mass is 10.2. The Morgan fingerprint density at radius 2 is 2.25 bits per heavy atom. The summed E-state index contributed by atoms with van der Waals surface area (Å²) in [6, 6.07) is 0.166. The van der Waals surface area contributed by atoms with Crippen LogP contribution in [0.3, 0.4) is 0 Å². The normalized spacial score (nSPS) is 21.4. The topological polar surface area (TPSA) is 84.3 Å². The standard InChI is InChI=1S/C12H18N6OS/c1-17-3-4-18(2)9(6-17)11-15-12(19-16-11)8-7-20-10(5-13)14-8/h7,9H,3-6,13H2,1-2H3. The van der Waals surface area contributed by atoms with Gasteiger partial charge >= 0.3 is 0 Å². The highest BCUT2D eigenvalue weighted by Crippen LogP contribution is 2.25. The first-order valence-electron chi connectivity index (χ1n) is 6.54. The van der Waals surface area contributed by atoms with Crippen LogP contribution in [0.15, 0.2) is 9.90 Å². The van der Waals surface area contributed by atoms with Crippen molar-refractivity contribution in [3.63, 3.8) is 0 Å². The number of rotatable bonds is 3. The fourth-order valence-electron chi connectivity index (χ4n) is 2.27. The molecule has 2 N–H and O–H groups in total. The number of nitrogens with two attached hydrogens (primary N) is 1. The Morgan fingerprint density at radius 3 is 3.00 bits per heavy atom. The first-order chi connectivity index (χ1) is 9.67. The second-order valence-electron chi connectivity index (χ2n) is 5.05. The maximum Gasteiger partial charge on any atom is 0.277 e. The summed E-state index contributed by atoms with van der Waals surface area (Å²) in [6.45, 7) is 3.39. The highest BCUT2D eigenvalue weighted by molar-refractivity contribution is 7.09. The van der Waals surface area contributed by atoms with Crippen molar-refractivity contribution in [3.05, 3.63) is 16.2 Å². The summed E-state index contributed by atoms with van der Waals surface area (Å²) >= 11 is 1.51. The lowest BCUT2D eigenvalue weighted by molar-refractivity contribution is 0.108. The quantitative estimate of drug-likeness (QED) is 0.886. The largest absolute Gasteiger partial charge is 0.332 e. The van der Waals surface area contributed by atoms with E-state index in [2.05, 4.69) is 39.0 Å².